The van der Waals surface area contributed by atoms with Crippen LogP contribution in [0.4, 0.5) is 0 Å². The fraction of sp³-hybridized carbons (Fsp3) is 0.700. The first kappa shape index (κ1) is 10.2. The van der Waals surface area contributed by atoms with Gasteiger partial charge in [-0.25, -0.2) is 0 Å². The van der Waals surface area contributed by atoms with Gasteiger partial charge in [0.05, 0.1) is 0 Å². The number of carbonyl (C=O) groups excluding carboxylic acids is 1. The van der Waals surface area contributed by atoms with E-state index in [1.165, 1.54) is 0 Å². The Morgan fingerprint density at radius 3 is 2.27 bits per heavy atom. The molecule has 0 aliphatic carbocycles. The molecule has 1 atom stereocenters. The summed E-state index contributed by atoms with van der Waals surface area (Å²) < 4.78 is 0. The molecule has 0 heterocycles. The number of carbonyl (C=O) groups is 1. The Balaban J connectivity index is 4.00. The van der Waals surface area contributed by atoms with Crippen molar-refractivity contribution < 1.29 is 4.79 Å². The summed E-state index contributed by atoms with van der Waals surface area (Å²) in [6.45, 7) is 8.39. The molecule has 0 aromatic carbocycles. The van der Waals surface area contributed by atoms with E-state index in [9.17, 15) is 4.79 Å². The van der Waals surface area contributed by atoms with Crippen LogP contribution in [0, 0.1) is 23.7 Å². The minimum atomic E-state index is -0.0903. The van der Waals surface area contributed by atoms with E-state index >= 15 is 0 Å². The highest BCUT2D eigenvalue weighted by Gasteiger charge is 2.21. The number of Topliss-reactive ketones (excluding diaryl/α,β-unsaturated/α-hetero) is 1. The standard InChI is InChI=1S/C10H16O/c1-6-9(11)7-8(2)10(3,4)5/h1,8H,7H2,2-5H3. The maximum absolute atomic E-state index is 10.8. The quantitative estimate of drug-likeness (QED) is 0.438. The molecule has 0 aliphatic rings. The lowest BCUT2D eigenvalue weighted by Crippen LogP contribution is -2.19. The molecular weight excluding hydrogens is 136 g/mol. The Bertz CT molecular complexity index is 178. The van der Waals surface area contributed by atoms with Crippen molar-refractivity contribution in [3.8, 4) is 12.3 Å². The third-order valence-electron chi connectivity index (χ3n) is 2.13. The SMILES string of the molecule is C#CC(=O)CC(C)C(C)(C)C. The summed E-state index contributed by atoms with van der Waals surface area (Å²) in [5.41, 5.74) is 0.173. The lowest BCUT2D eigenvalue weighted by molar-refractivity contribution is -0.115. The molecule has 0 spiro atoms. The van der Waals surface area contributed by atoms with Gasteiger partial charge in [-0.3, -0.25) is 4.79 Å². The molecule has 1 heteroatoms. The molecule has 11 heavy (non-hydrogen) atoms. The molecule has 0 saturated heterocycles. The molecular formula is C10H16O. The normalized spacial score (nSPS) is 13.7. The van der Waals surface area contributed by atoms with Crippen molar-refractivity contribution in [2.75, 3.05) is 0 Å². The largest absolute Gasteiger partial charge is 0.285 e. The van der Waals surface area contributed by atoms with E-state index in [1.54, 1.807) is 0 Å². The molecule has 0 aromatic heterocycles. The Morgan fingerprint density at radius 2 is 2.00 bits per heavy atom. The monoisotopic (exact) mass is 152 g/mol. The maximum atomic E-state index is 10.8. The molecule has 0 aromatic rings. The first-order valence-corrected chi connectivity index (χ1v) is 3.87. The van der Waals surface area contributed by atoms with Gasteiger partial charge in [-0.05, 0) is 17.3 Å². The Morgan fingerprint density at radius 1 is 1.55 bits per heavy atom. The van der Waals surface area contributed by atoms with Gasteiger partial charge in [-0.15, -0.1) is 6.42 Å². The summed E-state index contributed by atoms with van der Waals surface area (Å²) in [6, 6.07) is 0. The molecule has 0 bridgehead atoms. The average Bonchev–Trinajstić information content (AvgIpc) is 1.85. The minimum absolute atomic E-state index is 0.0903. The molecule has 0 saturated carbocycles. The van der Waals surface area contributed by atoms with Crippen LogP contribution < -0.4 is 0 Å². The van der Waals surface area contributed by atoms with E-state index in [0.29, 0.717) is 12.3 Å². The van der Waals surface area contributed by atoms with E-state index in [0.717, 1.165) is 0 Å². The molecule has 1 nitrogen and oxygen atoms in total. The molecule has 0 amide bonds. The van der Waals surface area contributed by atoms with Crippen LogP contribution in [0.25, 0.3) is 0 Å². The zero-order valence-electron chi connectivity index (χ0n) is 7.77. The van der Waals surface area contributed by atoms with E-state index in [2.05, 4.69) is 33.6 Å². The number of hydrogen-bond donors (Lipinski definition) is 0. The summed E-state index contributed by atoms with van der Waals surface area (Å²) in [4.78, 5) is 10.8. The lowest BCUT2D eigenvalue weighted by Gasteiger charge is -2.25. The average molecular weight is 152 g/mol. The first-order valence-electron chi connectivity index (χ1n) is 3.87. The second kappa shape index (κ2) is 3.57. The highest BCUT2D eigenvalue weighted by Crippen LogP contribution is 2.27. The number of ketones is 1. The Hall–Kier alpha value is -0.770. The van der Waals surface area contributed by atoms with Crippen LogP contribution >= 0.6 is 0 Å². The Kier molecular flexibility index (Phi) is 3.32. The van der Waals surface area contributed by atoms with Crippen molar-refractivity contribution in [1.82, 2.24) is 0 Å². The fourth-order valence-corrected chi connectivity index (χ4v) is 0.643. The summed E-state index contributed by atoms with van der Waals surface area (Å²) in [6.07, 6.45) is 5.46. The van der Waals surface area contributed by atoms with Crippen LogP contribution in [-0.2, 0) is 4.79 Å². The highest BCUT2D eigenvalue weighted by atomic mass is 16.1. The van der Waals surface area contributed by atoms with Crippen LogP contribution in [0.15, 0.2) is 0 Å². The number of rotatable bonds is 2. The second-order valence-electron chi connectivity index (χ2n) is 4.04. The zero-order chi connectivity index (χ0) is 9.07. The van der Waals surface area contributed by atoms with Crippen LogP contribution in [0.2, 0.25) is 0 Å². The smallest absolute Gasteiger partial charge is 0.205 e. The van der Waals surface area contributed by atoms with Crippen molar-refractivity contribution >= 4 is 5.78 Å². The third kappa shape index (κ3) is 3.83. The van der Waals surface area contributed by atoms with Gasteiger partial charge in [0.1, 0.15) is 0 Å². The van der Waals surface area contributed by atoms with Gasteiger partial charge in [-0.1, -0.05) is 27.7 Å². The lowest BCUT2D eigenvalue weighted by atomic mass is 9.79. The molecule has 0 aliphatic heterocycles. The molecule has 0 radical (unpaired) electrons. The van der Waals surface area contributed by atoms with Crippen LogP contribution in [0.1, 0.15) is 34.1 Å². The predicted octanol–water partition coefficient (Wildman–Crippen LogP) is 2.26. The van der Waals surface area contributed by atoms with E-state index in [4.69, 9.17) is 6.42 Å². The Labute approximate surface area is 69.2 Å². The number of terminal acetylenes is 1. The summed E-state index contributed by atoms with van der Waals surface area (Å²) in [5.74, 6) is 2.39. The van der Waals surface area contributed by atoms with E-state index < -0.39 is 0 Å². The van der Waals surface area contributed by atoms with Crippen molar-refractivity contribution in [2.24, 2.45) is 11.3 Å². The third-order valence-corrected chi connectivity index (χ3v) is 2.13. The van der Waals surface area contributed by atoms with Gasteiger partial charge in [0.15, 0.2) is 0 Å². The molecule has 0 fully saturated rings. The van der Waals surface area contributed by atoms with E-state index in [1.807, 2.05) is 0 Å². The molecule has 1 unspecified atom stereocenters. The van der Waals surface area contributed by atoms with Crippen molar-refractivity contribution in [3.63, 3.8) is 0 Å². The minimum Gasteiger partial charge on any atom is -0.285 e. The van der Waals surface area contributed by atoms with Crippen molar-refractivity contribution in [2.45, 2.75) is 34.1 Å². The van der Waals surface area contributed by atoms with Crippen LogP contribution in [-0.4, -0.2) is 5.78 Å². The van der Waals surface area contributed by atoms with Crippen molar-refractivity contribution in [1.29, 1.82) is 0 Å². The fourth-order valence-electron chi connectivity index (χ4n) is 0.643. The number of hydrogen-bond acceptors (Lipinski definition) is 1. The molecule has 0 rings (SSSR count). The zero-order valence-corrected chi connectivity index (χ0v) is 7.77. The van der Waals surface area contributed by atoms with Crippen LogP contribution in [0.5, 0.6) is 0 Å². The van der Waals surface area contributed by atoms with Gasteiger partial charge >= 0.3 is 0 Å². The van der Waals surface area contributed by atoms with Gasteiger partial charge in [0.25, 0.3) is 0 Å². The topological polar surface area (TPSA) is 17.1 Å². The maximum Gasteiger partial charge on any atom is 0.205 e. The summed E-state index contributed by atoms with van der Waals surface area (Å²) >= 11 is 0. The van der Waals surface area contributed by atoms with Gasteiger partial charge < -0.3 is 0 Å². The van der Waals surface area contributed by atoms with Crippen LogP contribution in [0.3, 0.4) is 0 Å². The van der Waals surface area contributed by atoms with Crippen molar-refractivity contribution in [3.05, 3.63) is 0 Å². The van der Waals surface area contributed by atoms with Gasteiger partial charge in [-0.2, -0.15) is 0 Å². The van der Waals surface area contributed by atoms with Gasteiger partial charge in [0.2, 0.25) is 5.78 Å². The first-order chi connectivity index (χ1) is 4.88. The predicted molar refractivity (Wildman–Crippen MR) is 47.1 cm³/mol. The highest BCUT2D eigenvalue weighted by molar-refractivity contribution is 5.94. The van der Waals surface area contributed by atoms with E-state index in [-0.39, 0.29) is 11.2 Å². The second-order valence-corrected chi connectivity index (χ2v) is 4.04. The molecule has 0 N–H and O–H groups in total. The summed E-state index contributed by atoms with van der Waals surface area (Å²) in [5, 5.41) is 0. The van der Waals surface area contributed by atoms with Gasteiger partial charge in [0, 0.05) is 6.42 Å². The summed E-state index contributed by atoms with van der Waals surface area (Å²) in [7, 11) is 0. The molecule has 62 valence electrons.